The Bertz CT molecular complexity index is 997. The van der Waals surface area contributed by atoms with Gasteiger partial charge >= 0.3 is 0 Å². The number of nitrogens with one attached hydrogen (secondary N) is 1. The molecule has 0 radical (unpaired) electrons. The molecule has 0 unspecified atom stereocenters. The van der Waals surface area contributed by atoms with Crippen LogP contribution in [0.1, 0.15) is 5.56 Å². The summed E-state index contributed by atoms with van der Waals surface area (Å²) in [4.78, 5) is 16.6. The molecule has 25 heavy (non-hydrogen) atoms. The Kier molecular flexibility index (Phi) is 4.91. The normalized spacial score (nSPS) is 11.3. The number of halogens is 2. The maximum Gasteiger partial charge on any atom is 0.268 e. The van der Waals surface area contributed by atoms with Crippen molar-refractivity contribution in [1.82, 2.24) is 4.98 Å². The van der Waals surface area contributed by atoms with Crippen LogP contribution in [0.25, 0.3) is 16.3 Å². The molecule has 0 saturated carbocycles. The van der Waals surface area contributed by atoms with Crippen molar-refractivity contribution >= 4 is 61.9 Å². The summed E-state index contributed by atoms with van der Waals surface area (Å²) in [5.41, 5.74) is 1.04. The number of nitriles is 1. The van der Waals surface area contributed by atoms with Gasteiger partial charge in [-0.05, 0) is 35.9 Å². The van der Waals surface area contributed by atoms with Gasteiger partial charge in [0.2, 0.25) is 0 Å². The number of rotatable bonds is 3. The van der Waals surface area contributed by atoms with Crippen LogP contribution in [0.3, 0.4) is 0 Å². The summed E-state index contributed by atoms with van der Waals surface area (Å²) in [5, 5.41) is 21.9. The third kappa shape index (κ3) is 3.74. The second-order valence-corrected chi connectivity index (χ2v) is 6.79. The van der Waals surface area contributed by atoms with Gasteiger partial charge < -0.3 is 5.11 Å². The Morgan fingerprint density at radius 2 is 1.96 bits per heavy atom. The lowest BCUT2D eigenvalue weighted by Gasteiger charge is -2.03. The fraction of sp³-hybridized carbons (Fsp3) is 0. The maximum absolute atomic E-state index is 12.3. The summed E-state index contributed by atoms with van der Waals surface area (Å²) in [5.74, 6) is -0.847. The van der Waals surface area contributed by atoms with Crippen LogP contribution in [0.4, 0.5) is 5.13 Å². The average Bonchev–Trinajstić information content (AvgIpc) is 2.99. The number of thiazole rings is 1. The molecule has 5 nitrogen and oxygen atoms in total. The molecule has 0 spiro atoms. The predicted octanol–water partition coefficient (Wildman–Crippen LogP) is 4.85. The van der Waals surface area contributed by atoms with Gasteiger partial charge in [0.25, 0.3) is 5.91 Å². The second kappa shape index (κ2) is 7.11. The topological polar surface area (TPSA) is 86.0 Å². The highest BCUT2D eigenvalue weighted by atomic mass is 35.5. The molecule has 0 atom stereocenters. The van der Waals surface area contributed by atoms with Crippen LogP contribution in [0.2, 0.25) is 10.0 Å². The van der Waals surface area contributed by atoms with E-state index < -0.39 is 5.91 Å². The van der Waals surface area contributed by atoms with Crippen molar-refractivity contribution in [3.8, 4) is 11.8 Å². The van der Waals surface area contributed by atoms with Gasteiger partial charge in [-0.1, -0.05) is 46.7 Å². The molecule has 8 heteroatoms. The Labute approximate surface area is 156 Å². The first kappa shape index (κ1) is 17.2. The van der Waals surface area contributed by atoms with Crippen molar-refractivity contribution < 1.29 is 9.90 Å². The van der Waals surface area contributed by atoms with Crippen LogP contribution >= 0.6 is 34.5 Å². The third-order valence-electron chi connectivity index (χ3n) is 3.23. The summed E-state index contributed by atoms with van der Waals surface area (Å²) >= 11 is 13.0. The quantitative estimate of drug-likeness (QED) is 0.494. The van der Waals surface area contributed by atoms with Gasteiger partial charge in [-0.2, -0.15) is 5.26 Å². The van der Waals surface area contributed by atoms with Crippen LogP contribution in [0.15, 0.2) is 42.0 Å². The fourth-order valence-electron chi connectivity index (χ4n) is 2.07. The first-order chi connectivity index (χ1) is 12.0. The van der Waals surface area contributed by atoms with E-state index in [0.29, 0.717) is 10.7 Å². The van der Waals surface area contributed by atoms with E-state index in [1.54, 1.807) is 0 Å². The first-order valence-corrected chi connectivity index (χ1v) is 8.52. The number of hydrogen-bond donors (Lipinski definition) is 2. The minimum atomic E-state index is -0.595. The summed E-state index contributed by atoms with van der Waals surface area (Å²) in [6.07, 6.45) is 1.33. The zero-order valence-electron chi connectivity index (χ0n) is 12.5. The number of phenolic OH excluding ortho intramolecular Hbond substituents is 1. The maximum atomic E-state index is 12.3. The van der Waals surface area contributed by atoms with Crippen molar-refractivity contribution in [2.75, 3.05) is 5.32 Å². The van der Waals surface area contributed by atoms with E-state index in [0.717, 1.165) is 10.2 Å². The molecular weight excluding hydrogens is 381 g/mol. The van der Waals surface area contributed by atoms with Gasteiger partial charge in [-0.15, -0.1) is 0 Å². The van der Waals surface area contributed by atoms with E-state index in [4.69, 9.17) is 23.2 Å². The van der Waals surface area contributed by atoms with E-state index in [-0.39, 0.29) is 21.4 Å². The number of aromatic hydroxyl groups is 1. The van der Waals surface area contributed by atoms with Gasteiger partial charge in [0.15, 0.2) is 10.9 Å². The summed E-state index contributed by atoms with van der Waals surface area (Å²) in [6, 6.07) is 12.1. The van der Waals surface area contributed by atoms with Gasteiger partial charge in [-0.3, -0.25) is 10.1 Å². The molecular formula is C17H9Cl2N3O2S. The van der Waals surface area contributed by atoms with Gasteiger partial charge in [0, 0.05) is 0 Å². The molecule has 1 amide bonds. The molecule has 2 N–H and O–H groups in total. The Balaban J connectivity index is 1.87. The molecule has 0 saturated heterocycles. The van der Waals surface area contributed by atoms with E-state index >= 15 is 0 Å². The molecule has 3 rings (SSSR count). The molecule has 2 aromatic carbocycles. The third-order valence-corrected chi connectivity index (χ3v) is 4.76. The lowest BCUT2D eigenvalue weighted by Crippen LogP contribution is -2.13. The number of fused-ring (bicyclic) bond motifs is 1. The molecule has 0 aliphatic carbocycles. The highest BCUT2D eigenvalue weighted by Gasteiger charge is 2.13. The minimum absolute atomic E-state index is 0.0302. The number of carbonyl (C=O) groups excluding carboxylic acids is 1. The van der Waals surface area contributed by atoms with E-state index in [2.05, 4.69) is 10.3 Å². The van der Waals surface area contributed by atoms with Crippen LogP contribution in [-0.2, 0) is 4.79 Å². The minimum Gasteiger partial charge on any atom is -0.505 e. The number of para-hydroxylation sites is 1. The number of nitrogens with zero attached hydrogens (tertiary/aromatic N) is 2. The van der Waals surface area contributed by atoms with Gasteiger partial charge in [0.1, 0.15) is 11.6 Å². The zero-order chi connectivity index (χ0) is 18.0. The SMILES string of the molecule is N#CC(=Cc1cc(Cl)c(O)c(Cl)c1)C(=O)Nc1nc2ccccc2s1. The lowest BCUT2D eigenvalue weighted by molar-refractivity contribution is -0.112. The van der Waals surface area contributed by atoms with Gasteiger partial charge in [-0.25, -0.2) is 4.98 Å². The summed E-state index contributed by atoms with van der Waals surface area (Å²) in [7, 11) is 0. The second-order valence-electron chi connectivity index (χ2n) is 4.94. The van der Waals surface area contributed by atoms with Crippen molar-refractivity contribution in [2.45, 2.75) is 0 Å². The van der Waals surface area contributed by atoms with Crippen LogP contribution in [0, 0.1) is 11.3 Å². The van der Waals surface area contributed by atoms with Crippen molar-refractivity contribution in [3.63, 3.8) is 0 Å². The Hall–Kier alpha value is -2.59. The zero-order valence-corrected chi connectivity index (χ0v) is 14.8. The molecule has 1 heterocycles. The Morgan fingerprint density at radius 3 is 2.60 bits per heavy atom. The molecule has 1 aromatic heterocycles. The molecule has 0 aliphatic rings. The van der Waals surface area contributed by atoms with Crippen LogP contribution < -0.4 is 5.32 Å². The summed E-state index contributed by atoms with van der Waals surface area (Å²) in [6.45, 7) is 0. The predicted molar refractivity (Wildman–Crippen MR) is 100.0 cm³/mol. The molecule has 124 valence electrons. The summed E-state index contributed by atoms with van der Waals surface area (Å²) < 4.78 is 0.928. The average molecular weight is 390 g/mol. The smallest absolute Gasteiger partial charge is 0.268 e. The highest BCUT2D eigenvalue weighted by Crippen LogP contribution is 2.33. The number of amides is 1. The molecule has 3 aromatic rings. The number of hydrogen-bond acceptors (Lipinski definition) is 5. The largest absolute Gasteiger partial charge is 0.505 e. The fourth-order valence-corrected chi connectivity index (χ4v) is 3.44. The monoisotopic (exact) mass is 389 g/mol. The van der Waals surface area contributed by atoms with E-state index in [9.17, 15) is 15.2 Å². The van der Waals surface area contributed by atoms with E-state index in [1.165, 1.54) is 29.5 Å². The van der Waals surface area contributed by atoms with Crippen molar-refractivity contribution in [2.24, 2.45) is 0 Å². The molecule has 0 fully saturated rings. The van der Waals surface area contributed by atoms with Crippen LogP contribution in [-0.4, -0.2) is 16.0 Å². The number of anilines is 1. The molecule has 0 bridgehead atoms. The number of carbonyl (C=O) groups is 1. The van der Waals surface area contributed by atoms with E-state index in [1.807, 2.05) is 30.3 Å². The van der Waals surface area contributed by atoms with Crippen molar-refractivity contribution in [1.29, 1.82) is 5.26 Å². The van der Waals surface area contributed by atoms with Crippen molar-refractivity contribution in [3.05, 3.63) is 57.6 Å². The first-order valence-electron chi connectivity index (χ1n) is 6.94. The van der Waals surface area contributed by atoms with Gasteiger partial charge in [0.05, 0.1) is 20.3 Å². The highest BCUT2D eigenvalue weighted by molar-refractivity contribution is 7.22. The number of aromatic nitrogens is 1. The number of phenols is 1. The standard InChI is InChI=1S/C17H9Cl2N3O2S/c18-11-6-9(7-12(19)15(11)23)5-10(8-20)16(24)22-17-21-13-3-1-2-4-14(13)25-17/h1-7,23H,(H,21,22,24). The lowest BCUT2D eigenvalue weighted by atomic mass is 10.1. The Morgan fingerprint density at radius 1 is 1.28 bits per heavy atom. The number of benzene rings is 2. The van der Waals surface area contributed by atoms with Crippen LogP contribution in [0.5, 0.6) is 5.75 Å². The molecule has 0 aliphatic heterocycles.